The average molecular weight is 155 g/mol. The van der Waals surface area contributed by atoms with Gasteiger partial charge in [0.2, 0.25) is 0 Å². The molecule has 11 heavy (non-hydrogen) atoms. The van der Waals surface area contributed by atoms with Crippen LogP contribution in [0, 0.1) is 11.8 Å². The van der Waals surface area contributed by atoms with Gasteiger partial charge in [-0.25, -0.2) is 0 Å². The standard InChI is InChI=1S/C9H17NO/c1-10-5-7-3-2-4-9(11)8(7)6-10/h7-9,11H,2-6H2,1H3. The van der Waals surface area contributed by atoms with Gasteiger partial charge in [0.05, 0.1) is 6.10 Å². The van der Waals surface area contributed by atoms with Crippen LogP contribution in [0.1, 0.15) is 19.3 Å². The van der Waals surface area contributed by atoms with E-state index in [9.17, 15) is 5.11 Å². The molecule has 2 heteroatoms. The fraction of sp³-hybridized carbons (Fsp3) is 1.00. The number of aliphatic hydroxyl groups excluding tert-OH is 1. The number of hydrogen-bond donors (Lipinski definition) is 1. The predicted octanol–water partition coefficient (Wildman–Crippen LogP) is 0.709. The second-order valence-electron chi connectivity index (χ2n) is 4.14. The Morgan fingerprint density at radius 3 is 2.82 bits per heavy atom. The lowest BCUT2D eigenvalue weighted by atomic mass is 9.80. The summed E-state index contributed by atoms with van der Waals surface area (Å²) in [6.07, 6.45) is 3.61. The maximum atomic E-state index is 9.67. The lowest BCUT2D eigenvalue weighted by Gasteiger charge is -2.28. The minimum atomic E-state index is -0.00120. The Hall–Kier alpha value is -0.0800. The topological polar surface area (TPSA) is 23.5 Å². The molecule has 1 aliphatic carbocycles. The Balaban J connectivity index is 2.03. The number of nitrogens with zero attached hydrogens (tertiary/aromatic N) is 1. The zero-order chi connectivity index (χ0) is 7.84. The number of fused-ring (bicyclic) bond motifs is 1. The lowest BCUT2D eigenvalue weighted by Crippen LogP contribution is -2.31. The summed E-state index contributed by atoms with van der Waals surface area (Å²) in [7, 11) is 2.16. The highest BCUT2D eigenvalue weighted by molar-refractivity contribution is 4.89. The van der Waals surface area contributed by atoms with E-state index >= 15 is 0 Å². The van der Waals surface area contributed by atoms with Gasteiger partial charge in [-0.3, -0.25) is 0 Å². The Morgan fingerprint density at radius 2 is 2.09 bits per heavy atom. The third-order valence-corrected chi connectivity index (χ3v) is 3.24. The van der Waals surface area contributed by atoms with Crippen molar-refractivity contribution in [3.63, 3.8) is 0 Å². The summed E-state index contributed by atoms with van der Waals surface area (Å²) >= 11 is 0. The van der Waals surface area contributed by atoms with E-state index in [1.165, 1.54) is 19.4 Å². The zero-order valence-electron chi connectivity index (χ0n) is 7.16. The molecule has 64 valence electrons. The summed E-state index contributed by atoms with van der Waals surface area (Å²) < 4.78 is 0. The van der Waals surface area contributed by atoms with Crippen molar-refractivity contribution in [3.8, 4) is 0 Å². The van der Waals surface area contributed by atoms with Gasteiger partial charge in [0, 0.05) is 19.0 Å². The highest BCUT2D eigenvalue weighted by Gasteiger charge is 2.37. The Kier molecular flexibility index (Phi) is 1.90. The molecule has 1 heterocycles. The van der Waals surface area contributed by atoms with Crippen LogP contribution < -0.4 is 0 Å². The molecule has 1 aliphatic heterocycles. The average Bonchev–Trinajstić information content (AvgIpc) is 2.31. The molecule has 1 saturated carbocycles. The van der Waals surface area contributed by atoms with Crippen molar-refractivity contribution in [2.24, 2.45) is 11.8 Å². The highest BCUT2D eigenvalue weighted by Crippen LogP contribution is 2.35. The molecule has 0 amide bonds. The molecular formula is C9H17NO. The van der Waals surface area contributed by atoms with Gasteiger partial charge in [0.25, 0.3) is 0 Å². The molecule has 2 nitrogen and oxygen atoms in total. The van der Waals surface area contributed by atoms with Gasteiger partial charge in [-0.05, 0) is 25.8 Å². The Labute approximate surface area is 68.2 Å². The quantitative estimate of drug-likeness (QED) is 0.557. The Bertz CT molecular complexity index is 148. The van der Waals surface area contributed by atoms with Crippen molar-refractivity contribution in [2.75, 3.05) is 20.1 Å². The maximum absolute atomic E-state index is 9.67. The van der Waals surface area contributed by atoms with Crippen molar-refractivity contribution in [1.29, 1.82) is 0 Å². The zero-order valence-corrected chi connectivity index (χ0v) is 7.16. The van der Waals surface area contributed by atoms with Gasteiger partial charge in [-0.15, -0.1) is 0 Å². The van der Waals surface area contributed by atoms with Crippen molar-refractivity contribution in [1.82, 2.24) is 4.90 Å². The SMILES string of the molecule is CN1CC2CCCC(O)C2C1. The minimum absolute atomic E-state index is 0.00120. The monoisotopic (exact) mass is 155 g/mol. The predicted molar refractivity (Wildman–Crippen MR) is 44.3 cm³/mol. The van der Waals surface area contributed by atoms with E-state index in [2.05, 4.69) is 11.9 Å². The first kappa shape index (κ1) is 7.56. The second-order valence-corrected chi connectivity index (χ2v) is 4.14. The van der Waals surface area contributed by atoms with Crippen molar-refractivity contribution in [2.45, 2.75) is 25.4 Å². The van der Waals surface area contributed by atoms with E-state index in [4.69, 9.17) is 0 Å². The molecule has 3 atom stereocenters. The number of rotatable bonds is 0. The largest absolute Gasteiger partial charge is 0.393 e. The number of hydrogen-bond acceptors (Lipinski definition) is 2. The van der Waals surface area contributed by atoms with Crippen LogP contribution in [0.3, 0.4) is 0 Å². The maximum Gasteiger partial charge on any atom is 0.0583 e. The number of aliphatic hydroxyl groups is 1. The van der Waals surface area contributed by atoms with Gasteiger partial charge in [0.1, 0.15) is 0 Å². The first-order valence-electron chi connectivity index (χ1n) is 4.64. The first-order valence-corrected chi connectivity index (χ1v) is 4.64. The van der Waals surface area contributed by atoms with Gasteiger partial charge >= 0.3 is 0 Å². The molecule has 0 aromatic rings. The molecule has 0 aromatic heterocycles. The summed E-state index contributed by atoms with van der Waals surface area (Å²) in [5.74, 6) is 1.39. The van der Waals surface area contributed by atoms with Gasteiger partial charge in [-0.1, -0.05) is 6.42 Å². The van der Waals surface area contributed by atoms with Crippen LogP contribution in [0.2, 0.25) is 0 Å². The summed E-state index contributed by atoms with van der Waals surface area (Å²) in [6, 6.07) is 0. The summed E-state index contributed by atoms with van der Waals surface area (Å²) in [6.45, 7) is 2.33. The van der Waals surface area contributed by atoms with Gasteiger partial charge < -0.3 is 10.0 Å². The molecule has 2 rings (SSSR count). The third-order valence-electron chi connectivity index (χ3n) is 3.24. The molecule has 0 bridgehead atoms. The fourth-order valence-corrected chi connectivity index (χ4v) is 2.66. The molecule has 1 saturated heterocycles. The van der Waals surface area contributed by atoms with E-state index in [-0.39, 0.29) is 6.10 Å². The van der Waals surface area contributed by atoms with Crippen molar-refractivity contribution in [3.05, 3.63) is 0 Å². The molecule has 2 aliphatic rings. The van der Waals surface area contributed by atoms with Crippen molar-refractivity contribution >= 4 is 0 Å². The lowest BCUT2D eigenvalue weighted by molar-refractivity contribution is 0.0552. The molecule has 1 N–H and O–H groups in total. The van der Waals surface area contributed by atoms with E-state index in [1.54, 1.807) is 0 Å². The summed E-state index contributed by atoms with van der Waals surface area (Å²) in [5, 5.41) is 9.67. The van der Waals surface area contributed by atoms with E-state index < -0.39 is 0 Å². The third kappa shape index (κ3) is 1.30. The molecule has 0 spiro atoms. The second kappa shape index (κ2) is 2.76. The highest BCUT2D eigenvalue weighted by atomic mass is 16.3. The fourth-order valence-electron chi connectivity index (χ4n) is 2.66. The van der Waals surface area contributed by atoms with Crippen LogP contribution in [-0.4, -0.2) is 36.2 Å². The van der Waals surface area contributed by atoms with Crippen LogP contribution in [0.4, 0.5) is 0 Å². The van der Waals surface area contributed by atoms with Crippen LogP contribution in [0.25, 0.3) is 0 Å². The Morgan fingerprint density at radius 1 is 1.27 bits per heavy atom. The van der Waals surface area contributed by atoms with Crippen LogP contribution in [-0.2, 0) is 0 Å². The molecule has 0 aromatic carbocycles. The van der Waals surface area contributed by atoms with Crippen LogP contribution in [0.5, 0.6) is 0 Å². The van der Waals surface area contributed by atoms with E-state index in [0.717, 1.165) is 18.9 Å². The van der Waals surface area contributed by atoms with Gasteiger partial charge in [0.15, 0.2) is 0 Å². The molecule has 3 unspecified atom stereocenters. The van der Waals surface area contributed by atoms with E-state index in [0.29, 0.717) is 5.92 Å². The molecule has 0 radical (unpaired) electrons. The summed E-state index contributed by atoms with van der Waals surface area (Å²) in [5.41, 5.74) is 0. The van der Waals surface area contributed by atoms with Crippen LogP contribution in [0.15, 0.2) is 0 Å². The molecular weight excluding hydrogens is 138 g/mol. The normalized spacial score (nSPS) is 45.8. The number of likely N-dealkylation sites (tertiary alicyclic amines) is 1. The van der Waals surface area contributed by atoms with Crippen LogP contribution >= 0.6 is 0 Å². The molecule has 2 fully saturated rings. The van der Waals surface area contributed by atoms with Gasteiger partial charge in [-0.2, -0.15) is 0 Å². The first-order chi connectivity index (χ1) is 5.27. The summed E-state index contributed by atoms with van der Waals surface area (Å²) in [4.78, 5) is 2.35. The van der Waals surface area contributed by atoms with Crippen molar-refractivity contribution < 1.29 is 5.11 Å². The smallest absolute Gasteiger partial charge is 0.0583 e. The minimum Gasteiger partial charge on any atom is -0.393 e. The van der Waals surface area contributed by atoms with E-state index in [1.807, 2.05) is 0 Å².